The van der Waals surface area contributed by atoms with Crippen LogP contribution in [0.2, 0.25) is 0 Å². The minimum absolute atomic E-state index is 0.00325. The van der Waals surface area contributed by atoms with E-state index >= 15 is 0 Å². The standard InChI is InChI=1S/C16H18FNO4S2/c1-11-10-14(17)6-9-16(11)24(21,22)18-12(2)13-4-7-15(8-5-13)23(3,19)20/h4-10,12,18H,1-3H3. The van der Waals surface area contributed by atoms with Gasteiger partial charge in [0.1, 0.15) is 5.82 Å². The number of aryl methyl sites for hydroxylation is 1. The second kappa shape index (κ2) is 6.62. The lowest BCUT2D eigenvalue weighted by atomic mass is 10.1. The van der Waals surface area contributed by atoms with Crippen LogP contribution in [0.3, 0.4) is 0 Å². The molecule has 130 valence electrons. The Kier molecular flexibility index (Phi) is 5.12. The molecule has 0 radical (unpaired) electrons. The maximum absolute atomic E-state index is 13.1. The molecule has 2 aromatic carbocycles. The van der Waals surface area contributed by atoms with Gasteiger partial charge in [-0.05, 0) is 55.3 Å². The Labute approximate surface area is 141 Å². The normalized spacial score (nSPS) is 13.7. The highest BCUT2D eigenvalue weighted by atomic mass is 32.2. The van der Waals surface area contributed by atoms with E-state index in [0.717, 1.165) is 18.4 Å². The summed E-state index contributed by atoms with van der Waals surface area (Å²) in [6, 6.07) is 8.85. The van der Waals surface area contributed by atoms with E-state index in [-0.39, 0.29) is 9.79 Å². The number of benzene rings is 2. The summed E-state index contributed by atoms with van der Waals surface area (Å²) >= 11 is 0. The molecule has 1 atom stereocenters. The average molecular weight is 371 g/mol. The summed E-state index contributed by atoms with van der Waals surface area (Å²) in [4.78, 5) is 0.166. The molecule has 5 nitrogen and oxygen atoms in total. The predicted octanol–water partition coefficient (Wildman–Crippen LogP) is 2.58. The summed E-state index contributed by atoms with van der Waals surface area (Å²) in [6.45, 7) is 3.16. The van der Waals surface area contributed by atoms with Crippen molar-refractivity contribution in [2.45, 2.75) is 29.7 Å². The number of sulfonamides is 1. The third-order valence-corrected chi connectivity index (χ3v) is 6.40. The summed E-state index contributed by atoms with van der Waals surface area (Å²) in [6.07, 6.45) is 1.10. The van der Waals surface area contributed by atoms with Crippen LogP contribution in [0.15, 0.2) is 52.3 Å². The van der Waals surface area contributed by atoms with Gasteiger partial charge >= 0.3 is 0 Å². The maximum Gasteiger partial charge on any atom is 0.241 e. The van der Waals surface area contributed by atoms with Crippen molar-refractivity contribution in [2.24, 2.45) is 0 Å². The minimum Gasteiger partial charge on any atom is -0.224 e. The fourth-order valence-corrected chi connectivity index (χ4v) is 4.37. The van der Waals surface area contributed by atoms with Gasteiger partial charge in [-0.15, -0.1) is 0 Å². The fraction of sp³-hybridized carbons (Fsp3) is 0.250. The van der Waals surface area contributed by atoms with Gasteiger partial charge in [0, 0.05) is 12.3 Å². The molecule has 0 heterocycles. The molecular formula is C16H18FNO4S2. The molecule has 1 N–H and O–H groups in total. The van der Waals surface area contributed by atoms with Crippen molar-refractivity contribution < 1.29 is 21.2 Å². The Morgan fingerprint density at radius 1 is 1.00 bits per heavy atom. The van der Waals surface area contributed by atoms with Crippen LogP contribution < -0.4 is 4.72 Å². The van der Waals surface area contributed by atoms with Gasteiger partial charge < -0.3 is 0 Å². The lowest BCUT2D eigenvalue weighted by Crippen LogP contribution is -2.27. The Morgan fingerprint density at radius 3 is 2.08 bits per heavy atom. The molecular weight excluding hydrogens is 353 g/mol. The third kappa shape index (κ3) is 4.19. The Hall–Kier alpha value is -1.77. The average Bonchev–Trinajstić information content (AvgIpc) is 2.45. The first-order valence-electron chi connectivity index (χ1n) is 7.09. The number of sulfone groups is 1. The molecule has 0 amide bonds. The quantitative estimate of drug-likeness (QED) is 0.876. The predicted molar refractivity (Wildman–Crippen MR) is 89.4 cm³/mol. The third-order valence-electron chi connectivity index (χ3n) is 3.57. The van der Waals surface area contributed by atoms with E-state index in [2.05, 4.69) is 4.72 Å². The van der Waals surface area contributed by atoms with Crippen LogP contribution in [-0.4, -0.2) is 23.1 Å². The maximum atomic E-state index is 13.1. The van der Waals surface area contributed by atoms with Gasteiger partial charge in [-0.1, -0.05) is 12.1 Å². The molecule has 0 fully saturated rings. The molecule has 1 unspecified atom stereocenters. The molecule has 0 bridgehead atoms. The van der Waals surface area contributed by atoms with Gasteiger partial charge in [-0.2, -0.15) is 0 Å². The van der Waals surface area contributed by atoms with Gasteiger partial charge in [0.2, 0.25) is 10.0 Å². The van der Waals surface area contributed by atoms with Gasteiger partial charge in [-0.3, -0.25) is 0 Å². The lowest BCUT2D eigenvalue weighted by molar-refractivity contribution is 0.565. The molecule has 0 aliphatic carbocycles. The molecule has 2 aromatic rings. The van der Waals surface area contributed by atoms with E-state index in [1.54, 1.807) is 19.1 Å². The van der Waals surface area contributed by atoms with Crippen LogP contribution in [0.25, 0.3) is 0 Å². The van der Waals surface area contributed by atoms with E-state index in [1.807, 2.05) is 0 Å². The fourth-order valence-electron chi connectivity index (χ4n) is 2.28. The Morgan fingerprint density at radius 2 is 1.58 bits per heavy atom. The first kappa shape index (κ1) is 18.6. The number of nitrogens with one attached hydrogen (secondary N) is 1. The Bertz CT molecular complexity index is 952. The van der Waals surface area contributed by atoms with Crippen molar-refractivity contribution in [3.8, 4) is 0 Å². The minimum atomic E-state index is -3.83. The van der Waals surface area contributed by atoms with Crippen molar-refractivity contribution in [2.75, 3.05) is 6.26 Å². The molecule has 24 heavy (non-hydrogen) atoms. The van der Waals surface area contributed by atoms with Crippen molar-refractivity contribution in [1.29, 1.82) is 0 Å². The van der Waals surface area contributed by atoms with Crippen molar-refractivity contribution in [1.82, 2.24) is 4.72 Å². The van der Waals surface area contributed by atoms with E-state index < -0.39 is 31.7 Å². The monoisotopic (exact) mass is 371 g/mol. The van der Waals surface area contributed by atoms with Crippen LogP contribution >= 0.6 is 0 Å². The summed E-state index contributed by atoms with van der Waals surface area (Å²) in [5.74, 6) is -0.504. The van der Waals surface area contributed by atoms with Crippen LogP contribution in [0.1, 0.15) is 24.1 Å². The van der Waals surface area contributed by atoms with Crippen molar-refractivity contribution >= 4 is 19.9 Å². The molecule has 0 spiro atoms. The van der Waals surface area contributed by atoms with Gasteiger partial charge in [-0.25, -0.2) is 25.9 Å². The summed E-state index contributed by atoms with van der Waals surface area (Å²) in [5.41, 5.74) is 0.924. The van der Waals surface area contributed by atoms with E-state index in [9.17, 15) is 21.2 Å². The molecule has 2 rings (SSSR count). The first-order chi connectivity index (χ1) is 11.0. The highest BCUT2D eigenvalue weighted by Gasteiger charge is 2.21. The second-order valence-corrected chi connectivity index (χ2v) is 9.29. The van der Waals surface area contributed by atoms with Gasteiger partial charge in [0.05, 0.1) is 9.79 Å². The van der Waals surface area contributed by atoms with Gasteiger partial charge in [0.25, 0.3) is 0 Å². The number of hydrogen-bond donors (Lipinski definition) is 1. The zero-order valence-electron chi connectivity index (χ0n) is 13.4. The van der Waals surface area contributed by atoms with E-state index in [4.69, 9.17) is 0 Å². The number of hydrogen-bond acceptors (Lipinski definition) is 4. The Balaban J connectivity index is 2.26. The lowest BCUT2D eigenvalue weighted by Gasteiger charge is -2.16. The summed E-state index contributed by atoms with van der Waals surface area (Å²) in [7, 11) is -7.14. The molecule has 0 aromatic heterocycles. The summed E-state index contributed by atoms with van der Waals surface area (Å²) in [5, 5.41) is 0. The molecule has 0 aliphatic rings. The topological polar surface area (TPSA) is 80.3 Å². The highest BCUT2D eigenvalue weighted by Crippen LogP contribution is 2.21. The molecule has 0 saturated heterocycles. The molecule has 8 heteroatoms. The second-order valence-electron chi connectivity index (χ2n) is 5.59. The van der Waals surface area contributed by atoms with Crippen LogP contribution in [-0.2, 0) is 19.9 Å². The van der Waals surface area contributed by atoms with Crippen molar-refractivity contribution in [3.05, 3.63) is 59.4 Å². The van der Waals surface area contributed by atoms with Crippen molar-refractivity contribution in [3.63, 3.8) is 0 Å². The van der Waals surface area contributed by atoms with E-state index in [0.29, 0.717) is 11.1 Å². The van der Waals surface area contributed by atoms with Crippen LogP contribution in [0.4, 0.5) is 4.39 Å². The number of rotatable bonds is 5. The largest absolute Gasteiger partial charge is 0.241 e. The summed E-state index contributed by atoms with van der Waals surface area (Å²) < 4.78 is 63.4. The van der Waals surface area contributed by atoms with Gasteiger partial charge in [0.15, 0.2) is 9.84 Å². The highest BCUT2D eigenvalue weighted by molar-refractivity contribution is 7.90. The zero-order chi connectivity index (χ0) is 18.1. The number of halogens is 1. The first-order valence-corrected chi connectivity index (χ1v) is 10.5. The van der Waals surface area contributed by atoms with Crippen LogP contribution in [0.5, 0.6) is 0 Å². The molecule has 0 saturated carbocycles. The van der Waals surface area contributed by atoms with Crippen LogP contribution in [0, 0.1) is 12.7 Å². The SMILES string of the molecule is Cc1cc(F)ccc1S(=O)(=O)NC(C)c1ccc(S(C)(=O)=O)cc1. The molecule has 0 aliphatic heterocycles. The van der Waals surface area contributed by atoms with E-state index in [1.165, 1.54) is 25.1 Å². The zero-order valence-corrected chi connectivity index (χ0v) is 15.1. The smallest absolute Gasteiger partial charge is 0.224 e.